The predicted molar refractivity (Wildman–Crippen MR) is 160 cm³/mol. The number of carboxylic acid groups (broad SMARTS) is 1. The van der Waals surface area contributed by atoms with Crippen molar-refractivity contribution < 1.29 is 36.6 Å². The standard InChI is InChI=1S/C32H38F3N3O5S/c1-31(2,18-21-13-22-7-4-5-8-23(22)14-21)36-19-27(39)20-38(3)44(42,43)28-16-24(15-25(17-28)32(33,34)35)29-10-6-9-26(37-29)11-12-30(40)41/h4-10,15-17,21,27,36,39H,11-14,18-20H2,1-3H3,(H,40,41)/t27-/m1/s1. The number of nitrogens with one attached hydrogen (secondary N) is 1. The van der Waals surface area contributed by atoms with Crippen LogP contribution in [0.15, 0.2) is 65.6 Å². The minimum absolute atomic E-state index is 0.0626. The lowest BCUT2D eigenvalue weighted by atomic mass is 9.88. The quantitative estimate of drug-likeness (QED) is 0.244. The van der Waals surface area contributed by atoms with Gasteiger partial charge in [-0.15, -0.1) is 0 Å². The molecule has 238 valence electrons. The third kappa shape index (κ3) is 8.65. The fraction of sp³-hybridized carbons (Fsp3) is 0.438. The second kappa shape index (κ2) is 13.4. The molecule has 8 nitrogen and oxygen atoms in total. The fourth-order valence-electron chi connectivity index (χ4n) is 5.70. The molecule has 0 bridgehead atoms. The SMILES string of the molecule is CN(C[C@H](O)CNC(C)(C)CC1Cc2ccccc2C1)S(=O)(=O)c1cc(-c2cccc(CCC(=O)O)n2)cc(C(F)(F)F)c1. The topological polar surface area (TPSA) is 120 Å². The average Bonchev–Trinajstić information content (AvgIpc) is 3.36. The smallest absolute Gasteiger partial charge is 0.416 e. The number of β-amino-alcohol motifs (C(OH)–C–C–N with tert-alkyl or cyclic N) is 1. The number of aliphatic hydroxyl groups is 1. The number of halogens is 3. The van der Waals surface area contributed by atoms with Crippen LogP contribution in [0.2, 0.25) is 0 Å². The van der Waals surface area contributed by atoms with E-state index in [0.29, 0.717) is 17.7 Å². The Bertz CT molecular complexity index is 1570. The lowest BCUT2D eigenvalue weighted by molar-refractivity contribution is -0.138. The molecule has 1 aliphatic carbocycles. The Morgan fingerprint density at radius 2 is 1.73 bits per heavy atom. The molecule has 0 radical (unpaired) electrons. The van der Waals surface area contributed by atoms with E-state index in [0.717, 1.165) is 35.7 Å². The number of aromatic nitrogens is 1. The van der Waals surface area contributed by atoms with Gasteiger partial charge in [0.05, 0.1) is 28.7 Å². The molecule has 0 amide bonds. The summed E-state index contributed by atoms with van der Waals surface area (Å²) in [5.41, 5.74) is 1.53. The van der Waals surface area contributed by atoms with Crippen LogP contribution < -0.4 is 5.32 Å². The van der Waals surface area contributed by atoms with E-state index in [4.69, 9.17) is 5.11 Å². The molecule has 0 spiro atoms. The summed E-state index contributed by atoms with van der Waals surface area (Å²) in [5.74, 6) is -0.606. The van der Waals surface area contributed by atoms with Gasteiger partial charge in [-0.2, -0.15) is 17.5 Å². The van der Waals surface area contributed by atoms with Crippen molar-refractivity contribution in [1.29, 1.82) is 0 Å². The molecule has 1 aliphatic rings. The molecule has 0 unspecified atom stereocenters. The van der Waals surface area contributed by atoms with Gasteiger partial charge in [-0.05, 0) is 80.5 Å². The van der Waals surface area contributed by atoms with E-state index in [1.165, 1.54) is 30.3 Å². The average molecular weight is 634 g/mol. The van der Waals surface area contributed by atoms with Gasteiger partial charge >= 0.3 is 12.1 Å². The summed E-state index contributed by atoms with van der Waals surface area (Å²) in [6.07, 6.45) is -3.30. The predicted octanol–water partition coefficient (Wildman–Crippen LogP) is 4.94. The number of sulfonamides is 1. The second-order valence-electron chi connectivity index (χ2n) is 12.1. The highest BCUT2D eigenvalue weighted by atomic mass is 32.2. The number of aliphatic carboxylic acids is 1. The molecule has 0 saturated carbocycles. The van der Waals surface area contributed by atoms with E-state index >= 15 is 0 Å². The highest BCUT2D eigenvalue weighted by molar-refractivity contribution is 7.89. The summed E-state index contributed by atoms with van der Waals surface area (Å²) in [5, 5.41) is 23.0. The van der Waals surface area contributed by atoms with Crippen LogP contribution in [0.1, 0.15) is 49.1 Å². The summed E-state index contributed by atoms with van der Waals surface area (Å²) in [4.78, 5) is 14.6. The fourth-order valence-corrected chi connectivity index (χ4v) is 6.98. The molecule has 44 heavy (non-hydrogen) atoms. The molecule has 1 aromatic heterocycles. The summed E-state index contributed by atoms with van der Waals surface area (Å²) in [7, 11) is -3.23. The van der Waals surface area contributed by atoms with E-state index in [9.17, 15) is 31.5 Å². The van der Waals surface area contributed by atoms with Crippen molar-refractivity contribution >= 4 is 16.0 Å². The monoisotopic (exact) mass is 633 g/mol. The molecule has 3 N–H and O–H groups in total. The Kier molecular flexibility index (Phi) is 10.2. The summed E-state index contributed by atoms with van der Waals surface area (Å²) >= 11 is 0. The van der Waals surface area contributed by atoms with Crippen LogP contribution in [-0.2, 0) is 40.3 Å². The van der Waals surface area contributed by atoms with Crippen molar-refractivity contribution in [2.75, 3.05) is 20.1 Å². The molecule has 0 fully saturated rings. The van der Waals surface area contributed by atoms with Gasteiger partial charge in [0, 0.05) is 43.4 Å². The number of fused-ring (bicyclic) bond motifs is 1. The maximum Gasteiger partial charge on any atom is 0.416 e. The third-order valence-corrected chi connectivity index (χ3v) is 9.66. The zero-order valence-electron chi connectivity index (χ0n) is 24.9. The van der Waals surface area contributed by atoms with Gasteiger partial charge < -0.3 is 15.5 Å². The van der Waals surface area contributed by atoms with Crippen molar-refractivity contribution in [2.24, 2.45) is 5.92 Å². The van der Waals surface area contributed by atoms with Crippen molar-refractivity contribution in [3.8, 4) is 11.3 Å². The first-order chi connectivity index (χ1) is 20.5. The van der Waals surface area contributed by atoms with E-state index in [2.05, 4.69) is 22.4 Å². The lowest BCUT2D eigenvalue weighted by Gasteiger charge is -2.31. The number of hydrogen-bond acceptors (Lipinski definition) is 6. The highest BCUT2D eigenvalue weighted by Crippen LogP contribution is 2.35. The maximum atomic E-state index is 13.8. The van der Waals surface area contributed by atoms with Gasteiger partial charge in [0.15, 0.2) is 0 Å². The minimum atomic E-state index is -4.84. The van der Waals surface area contributed by atoms with Gasteiger partial charge in [0.2, 0.25) is 10.0 Å². The Labute approximate surface area is 256 Å². The summed E-state index contributed by atoms with van der Waals surface area (Å²) in [6, 6.07) is 15.3. The second-order valence-corrected chi connectivity index (χ2v) is 14.1. The molecule has 3 aromatic rings. The molecular formula is C32H38F3N3O5S. The van der Waals surface area contributed by atoms with Crippen molar-refractivity contribution in [2.45, 2.75) is 68.7 Å². The van der Waals surface area contributed by atoms with Crippen molar-refractivity contribution in [3.63, 3.8) is 0 Å². The van der Waals surface area contributed by atoms with E-state index < -0.39 is 38.7 Å². The number of pyridine rings is 1. The van der Waals surface area contributed by atoms with Gasteiger partial charge in [-0.3, -0.25) is 9.78 Å². The number of carbonyl (C=O) groups is 1. The minimum Gasteiger partial charge on any atom is -0.481 e. The molecule has 0 saturated heterocycles. The first kappa shape index (κ1) is 33.6. The van der Waals surface area contributed by atoms with Crippen LogP contribution in [-0.4, -0.2) is 65.7 Å². The molecular weight excluding hydrogens is 595 g/mol. The third-order valence-electron chi connectivity index (χ3n) is 7.86. The molecule has 0 aliphatic heterocycles. The number of hydrogen-bond donors (Lipinski definition) is 3. The van der Waals surface area contributed by atoms with E-state index in [-0.39, 0.29) is 42.7 Å². The van der Waals surface area contributed by atoms with Crippen molar-refractivity contribution in [1.82, 2.24) is 14.6 Å². The number of alkyl halides is 3. The molecule has 4 rings (SSSR count). The summed E-state index contributed by atoms with van der Waals surface area (Å²) in [6.45, 7) is 3.80. The van der Waals surface area contributed by atoms with Crippen LogP contribution in [0.25, 0.3) is 11.3 Å². The van der Waals surface area contributed by atoms with Gasteiger partial charge in [-0.25, -0.2) is 8.42 Å². The number of nitrogens with zero attached hydrogens (tertiary/aromatic N) is 2. The number of aryl methyl sites for hydroxylation is 1. The number of likely N-dealkylation sites (N-methyl/N-ethyl adjacent to an activating group) is 1. The molecule has 12 heteroatoms. The van der Waals surface area contributed by atoms with Crippen LogP contribution >= 0.6 is 0 Å². The maximum absolute atomic E-state index is 13.8. The largest absolute Gasteiger partial charge is 0.481 e. The van der Waals surface area contributed by atoms with E-state index in [1.807, 2.05) is 26.0 Å². The van der Waals surface area contributed by atoms with Crippen molar-refractivity contribution in [3.05, 3.63) is 83.0 Å². The summed E-state index contributed by atoms with van der Waals surface area (Å²) < 4.78 is 69.3. The molecule has 1 heterocycles. The van der Waals surface area contributed by atoms with Crippen LogP contribution in [0.4, 0.5) is 13.2 Å². The van der Waals surface area contributed by atoms with Crippen LogP contribution in [0.3, 0.4) is 0 Å². The first-order valence-electron chi connectivity index (χ1n) is 14.4. The Balaban J connectivity index is 1.45. The van der Waals surface area contributed by atoms with Gasteiger partial charge in [-0.1, -0.05) is 30.3 Å². The van der Waals surface area contributed by atoms with Gasteiger partial charge in [0.25, 0.3) is 0 Å². The Hall–Kier alpha value is -3.32. The first-order valence-corrected chi connectivity index (χ1v) is 15.8. The van der Waals surface area contributed by atoms with Crippen LogP contribution in [0.5, 0.6) is 0 Å². The zero-order chi connectivity index (χ0) is 32.3. The molecule has 2 aromatic carbocycles. The zero-order valence-corrected chi connectivity index (χ0v) is 25.8. The number of aliphatic hydroxyl groups excluding tert-OH is 1. The molecule has 1 atom stereocenters. The normalized spacial score (nSPS) is 15.0. The number of carboxylic acids is 1. The highest BCUT2D eigenvalue weighted by Gasteiger charge is 2.34. The Morgan fingerprint density at radius 1 is 1.07 bits per heavy atom. The van der Waals surface area contributed by atoms with Crippen LogP contribution in [0, 0.1) is 5.92 Å². The number of benzene rings is 2. The van der Waals surface area contributed by atoms with E-state index in [1.54, 1.807) is 6.07 Å². The van der Waals surface area contributed by atoms with Gasteiger partial charge in [0.1, 0.15) is 0 Å². The Morgan fingerprint density at radius 3 is 2.34 bits per heavy atom. The lowest BCUT2D eigenvalue weighted by Crippen LogP contribution is -2.47. The number of rotatable bonds is 13.